The van der Waals surface area contributed by atoms with Gasteiger partial charge >= 0.3 is 0 Å². The highest BCUT2D eigenvalue weighted by Crippen LogP contribution is 2.32. The van der Waals surface area contributed by atoms with Gasteiger partial charge in [0.05, 0.1) is 9.83 Å². The van der Waals surface area contributed by atoms with Gasteiger partial charge in [-0.2, -0.15) is 0 Å². The van der Waals surface area contributed by atoms with Crippen molar-refractivity contribution in [2.45, 2.75) is 6.61 Å². The molecule has 1 aliphatic rings. The van der Waals surface area contributed by atoms with Crippen LogP contribution in [0.5, 0.6) is 5.75 Å². The lowest BCUT2D eigenvalue weighted by atomic mass is 10.2. The van der Waals surface area contributed by atoms with Crippen LogP contribution in [0, 0.1) is 15.9 Å². The van der Waals surface area contributed by atoms with Crippen LogP contribution in [-0.4, -0.2) is 33.4 Å². The molecule has 0 radical (unpaired) electrons. The topological polar surface area (TPSA) is 119 Å². The predicted octanol–water partition coefficient (Wildman–Crippen LogP) is 4.99. The summed E-state index contributed by atoms with van der Waals surface area (Å²) in [5.74, 6) is -1.20. The maximum atomic E-state index is 13.3. The van der Waals surface area contributed by atoms with E-state index in [2.05, 4.69) is 5.32 Å². The number of halogens is 1. The molecule has 0 atom stereocenters. The van der Waals surface area contributed by atoms with Crippen LogP contribution in [0.2, 0.25) is 0 Å². The number of nitro groups is 1. The Morgan fingerprint density at radius 3 is 2.47 bits per heavy atom. The number of non-ortho nitro benzene ring substituents is 1. The van der Waals surface area contributed by atoms with E-state index in [1.54, 1.807) is 36.4 Å². The normalized spacial score (nSPS) is 14.2. The third-order valence-electron chi connectivity index (χ3n) is 5.01. The molecule has 36 heavy (non-hydrogen) atoms. The zero-order valence-corrected chi connectivity index (χ0v) is 19.4. The number of rotatable bonds is 8. The van der Waals surface area contributed by atoms with Gasteiger partial charge in [-0.1, -0.05) is 18.2 Å². The molecular weight excluding hydrogens is 489 g/mol. The highest BCUT2D eigenvalue weighted by molar-refractivity contribution is 8.18. The first-order chi connectivity index (χ1) is 17.3. The van der Waals surface area contributed by atoms with E-state index in [9.17, 15) is 28.9 Å². The fourth-order valence-electron chi connectivity index (χ4n) is 3.24. The molecule has 3 aromatic carbocycles. The maximum Gasteiger partial charge on any atom is 0.294 e. The van der Waals surface area contributed by atoms with Crippen LogP contribution in [0.4, 0.5) is 20.6 Å². The molecule has 1 heterocycles. The van der Waals surface area contributed by atoms with Crippen molar-refractivity contribution in [1.29, 1.82) is 0 Å². The molecule has 182 valence electrons. The molecule has 4 rings (SSSR count). The smallest absolute Gasteiger partial charge is 0.294 e. The van der Waals surface area contributed by atoms with Crippen molar-refractivity contribution in [3.8, 4) is 5.75 Å². The lowest BCUT2D eigenvalue weighted by Gasteiger charge is -2.12. The van der Waals surface area contributed by atoms with Crippen molar-refractivity contribution in [1.82, 2.24) is 4.90 Å². The van der Waals surface area contributed by atoms with Crippen molar-refractivity contribution in [2.24, 2.45) is 0 Å². The third kappa shape index (κ3) is 6.13. The maximum absolute atomic E-state index is 13.3. The van der Waals surface area contributed by atoms with Crippen molar-refractivity contribution in [3.63, 3.8) is 0 Å². The molecule has 0 aromatic heterocycles. The minimum Gasteiger partial charge on any atom is -0.489 e. The number of anilines is 1. The summed E-state index contributed by atoms with van der Waals surface area (Å²) in [4.78, 5) is 48.4. The largest absolute Gasteiger partial charge is 0.489 e. The molecule has 3 amide bonds. The van der Waals surface area contributed by atoms with Crippen molar-refractivity contribution < 1.29 is 28.4 Å². The molecule has 1 N–H and O–H groups in total. The average molecular weight is 507 g/mol. The Kier molecular flexibility index (Phi) is 7.40. The van der Waals surface area contributed by atoms with Gasteiger partial charge < -0.3 is 10.1 Å². The molecular formula is C25H18FN3O6S. The van der Waals surface area contributed by atoms with Gasteiger partial charge in [0.1, 0.15) is 24.7 Å². The lowest BCUT2D eigenvalue weighted by Crippen LogP contribution is -2.36. The monoisotopic (exact) mass is 507 g/mol. The van der Waals surface area contributed by atoms with E-state index in [0.717, 1.165) is 28.3 Å². The highest BCUT2D eigenvalue weighted by atomic mass is 32.2. The van der Waals surface area contributed by atoms with E-state index >= 15 is 0 Å². The van der Waals surface area contributed by atoms with Gasteiger partial charge in [-0.15, -0.1) is 0 Å². The number of amides is 3. The van der Waals surface area contributed by atoms with E-state index < -0.39 is 34.3 Å². The van der Waals surface area contributed by atoms with E-state index in [0.29, 0.717) is 11.3 Å². The summed E-state index contributed by atoms with van der Waals surface area (Å²) in [5, 5.41) is 12.6. The van der Waals surface area contributed by atoms with Crippen LogP contribution in [0.3, 0.4) is 0 Å². The molecule has 0 saturated carbocycles. The van der Waals surface area contributed by atoms with Crippen molar-refractivity contribution >= 4 is 46.3 Å². The van der Waals surface area contributed by atoms with Gasteiger partial charge in [0.25, 0.3) is 16.8 Å². The number of nitrogens with zero attached hydrogens (tertiary/aromatic N) is 2. The summed E-state index contributed by atoms with van der Waals surface area (Å²) in [7, 11) is 0. The SMILES string of the molecule is O=C(CN1C(=O)S/C(=C/c2ccc(OCc3ccc([N+](=O)[O-])cc3)cc2)C1=O)Nc1cccc(F)c1. The summed E-state index contributed by atoms with van der Waals surface area (Å²) in [6.45, 7) is -0.276. The number of thioether (sulfide) groups is 1. The Morgan fingerprint density at radius 2 is 1.81 bits per heavy atom. The second-order valence-electron chi connectivity index (χ2n) is 7.61. The Balaban J connectivity index is 1.34. The van der Waals surface area contributed by atoms with Crippen LogP contribution >= 0.6 is 11.8 Å². The highest BCUT2D eigenvalue weighted by Gasteiger charge is 2.36. The second kappa shape index (κ2) is 10.8. The van der Waals surface area contributed by atoms with Crippen LogP contribution < -0.4 is 10.1 Å². The van der Waals surface area contributed by atoms with Gasteiger partial charge in [0.15, 0.2) is 0 Å². The molecule has 3 aromatic rings. The zero-order valence-electron chi connectivity index (χ0n) is 18.5. The Morgan fingerprint density at radius 1 is 1.08 bits per heavy atom. The number of carbonyl (C=O) groups excluding carboxylic acids is 3. The number of nitro benzene ring substituents is 1. The van der Waals surface area contributed by atoms with Crippen molar-refractivity contribution in [2.75, 3.05) is 11.9 Å². The lowest BCUT2D eigenvalue weighted by molar-refractivity contribution is -0.384. The first-order valence-corrected chi connectivity index (χ1v) is 11.4. The van der Waals surface area contributed by atoms with E-state index in [1.807, 2.05) is 0 Å². The summed E-state index contributed by atoms with van der Waals surface area (Å²) >= 11 is 0.722. The number of benzene rings is 3. The van der Waals surface area contributed by atoms with Gasteiger partial charge in [-0.05, 0) is 71.4 Å². The molecule has 1 aliphatic heterocycles. The first-order valence-electron chi connectivity index (χ1n) is 10.6. The third-order valence-corrected chi connectivity index (χ3v) is 5.92. The van der Waals surface area contributed by atoms with E-state index in [-0.39, 0.29) is 22.9 Å². The van der Waals surface area contributed by atoms with Gasteiger partial charge in [0, 0.05) is 17.8 Å². The molecule has 0 aliphatic carbocycles. The Hall–Kier alpha value is -4.51. The molecule has 1 fully saturated rings. The van der Waals surface area contributed by atoms with Gasteiger partial charge in [-0.3, -0.25) is 29.4 Å². The fourth-order valence-corrected chi connectivity index (χ4v) is 4.08. The number of carbonyl (C=O) groups is 3. The second-order valence-corrected chi connectivity index (χ2v) is 8.60. The standard InChI is InChI=1S/C25H18FN3O6S/c26-18-2-1-3-19(13-18)27-23(30)14-28-24(31)22(36-25(28)32)12-16-6-10-21(11-7-16)35-15-17-4-8-20(9-5-17)29(33)34/h1-13H,14-15H2,(H,27,30)/b22-12+. The summed E-state index contributed by atoms with van der Waals surface area (Å²) < 4.78 is 19.0. The number of imide groups is 1. The number of ether oxygens (including phenoxy) is 1. The Bertz CT molecular complexity index is 1360. The predicted molar refractivity (Wildman–Crippen MR) is 132 cm³/mol. The van der Waals surface area contributed by atoms with Crippen LogP contribution in [-0.2, 0) is 16.2 Å². The van der Waals surface area contributed by atoms with Crippen LogP contribution in [0.15, 0.2) is 77.7 Å². The number of hydrogen-bond acceptors (Lipinski definition) is 7. The molecule has 0 unspecified atom stereocenters. The van der Waals surface area contributed by atoms with Crippen LogP contribution in [0.1, 0.15) is 11.1 Å². The van der Waals surface area contributed by atoms with Crippen molar-refractivity contribution in [3.05, 3.63) is 105 Å². The van der Waals surface area contributed by atoms with Gasteiger partial charge in [-0.25, -0.2) is 4.39 Å². The van der Waals surface area contributed by atoms with Gasteiger partial charge in [0.2, 0.25) is 5.91 Å². The first kappa shape index (κ1) is 24.6. The van der Waals surface area contributed by atoms with Crippen LogP contribution in [0.25, 0.3) is 6.08 Å². The van der Waals surface area contributed by atoms with E-state index in [4.69, 9.17) is 4.74 Å². The fraction of sp³-hybridized carbons (Fsp3) is 0.0800. The van der Waals surface area contributed by atoms with E-state index in [1.165, 1.54) is 36.4 Å². The minimum absolute atomic E-state index is 0.000250. The summed E-state index contributed by atoms with van der Waals surface area (Å²) in [6, 6.07) is 18.1. The zero-order chi connectivity index (χ0) is 25.7. The quantitative estimate of drug-likeness (QED) is 0.259. The number of hydrogen-bond donors (Lipinski definition) is 1. The minimum atomic E-state index is -0.626. The molecule has 9 nitrogen and oxygen atoms in total. The molecule has 0 spiro atoms. The number of nitrogens with one attached hydrogen (secondary N) is 1. The summed E-state index contributed by atoms with van der Waals surface area (Å²) in [5.41, 5.74) is 1.63. The molecule has 11 heteroatoms. The molecule has 0 bridgehead atoms. The average Bonchev–Trinajstić information content (AvgIpc) is 3.11. The Labute approximate surface area is 208 Å². The molecule has 1 saturated heterocycles. The summed E-state index contributed by atoms with van der Waals surface area (Å²) in [6.07, 6.45) is 1.54.